The Bertz CT molecular complexity index is 1080. The van der Waals surface area contributed by atoms with Crippen LogP contribution in [0.3, 0.4) is 0 Å². The number of carbonyl (C=O) groups excluding carboxylic acids is 1. The van der Waals surface area contributed by atoms with E-state index in [1.165, 1.54) is 11.8 Å². The van der Waals surface area contributed by atoms with Crippen LogP contribution in [0.5, 0.6) is 0 Å². The van der Waals surface area contributed by atoms with E-state index >= 15 is 0 Å². The van der Waals surface area contributed by atoms with Crippen molar-refractivity contribution < 1.29 is 4.79 Å². The number of thioether (sulfide) groups is 1. The monoisotopic (exact) mass is 402 g/mol. The van der Waals surface area contributed by atoms with Crippen molar-refractivity contribution in [3.63, 3.8) is 0 Å². The average Bonchev–Trinajstić information content (AvgIpc) is 3.13. The average molecular weight is 403 g/mol. The molecule has 6 heteroatoms. The van der Waals surface area contributed by atoms with E-state index in [2.05, 4.69) is 35.0 Å². The van der Waals surface area contributed by atoms with Crippen LogP contribution in [0.1, 0.15) is 27.8 Å². The lowest BCUT2D eigenvalue weighted by molar-refractivity contribution is -0.113. The van der Waals surface area contributed by atoms with Gasteiger partial charge in [-0.15, -0.1) is 0 Å². The first kappa shape index (κ1) is 19.2. The third-order valence-corrected chi connectivity index (χ3v) is 6.15. The van der Waals surface area contributed by atoms with Crippen molar-refractivity contribution in [2.45, 2.75) is 25.8 Å². The number of nitrogens with zero attached hydrogens (tertiary/aromatic N) is 3. The number of primary amides is 1. The van der Waals surface area contributed by atoms with Crippen molar-refractivity contribution in [1.29, 1.82) is 0 Å². The standard InChI is InChI=1S/C23H22N4OS/c1-15-10-17(12-26-21(15)19-8-9-25-16(2)11-19)13-27-14-20(22(24)28)29-23(27)18-6-4-3-5-7-18/h3-12,14,23H,13H2,1-2H3,(H2,24,28). The van der Waals surface area contributed by atoms with Crippen LogP contribution in [0.15, 0.2) is 72.0 Å². The van der Waals surface area contributed by atoms with Gasteiger partial charge in [-0.3, -0.25) is 14.8 Å². The number of aryl methyl sites for hydroxylation is 2. The summed E-state index contributed by atoms with van der Waals surface area (Å²) >= 11 is 1.49. The number of hydrogen-bond acceptors (Lipinski definition) is 5. The molecule has 29 heavy (non-hydrogen) atoms. The van der Waals surface area contributed by atoms with E-state index in [1.54, 1.807) is 0 Å². The molecule has 146 valence electrons. The highest BCUT2D eigenvalue weighted by molar-refractivity contribution is 8.04. The molecule has 1 unspecified atom stereocenters. The summed E-state index contributed by atoms with van der Waals surface area (Å²) in [5, 5.41) is 0.0153. The number of aromatic nitrogens is 2. The highest BCUT2D eigenvalue weighted by Crippen LogP contribution is 2.44. The summed E-state index contributed by atoms with van der Waals surface area (Å²) in [6.07, 6.45) is 5.57. The topological polar surface area (TPSA) is 72.1 Å². The molecule has 1 aliphatic heterocycles. The lowest BCUT2D eigenvalue weighted by Crippen LogP contribution is -2.18. The van der Waals surface area contributed by atoms with Crippen molar-refractivity contribution in [2.24, 2.45) is 5.73 Å². The molecular formula is C23H22N4OS. The molecule has 0 spiro atoms. The van der Waals surface area contributed by atoms with E-state index in [0.717, 1.165) is 33.6 Å². The molecule has 1 atom stereocenters. The summed E-state index contributed by atoms with van der Waals surface area (Å²) in [5.74, 6) is -0.392. The largest absolute Gasteiger partial charge is 0.365 e. The second-order valence-corrected chi connectivity index (χ2v) is 8.23. The van der Waals surface area contributed by atoms with Crippen LogP contribution in [-0.2, 0) is 11.3 Å². The fourth-order valence-electron chi connectivity index (χ4n) is 3.49. The van der Waals surface area contributed by atoms with E-state index in [0.29, 0.717) is 11.4 Å². The molecule has 0 radical (unpaired) electrons. The van der Waals surface area contributed by atoms with Gasteiger partial charge >= 0.3 is 0 Å². The normalized spacial score (nSPS) is 16.0. The zero-order valence-electron chi connectivity index (χ0n) is 16.4. The molecule has 3 aromatic rings. The number of amides is 1. The van der Waals surface area contributed by atoms with Gasteiger partial charge in [0, 0.05) is 36.4 Å². The Labute approximate surface area is 174 Å². The Balaban J connectivity index is 1.61. The molecule has 0 aliphatic carbocycles. The lowest BCUT2D eigenvalue weighted by atomic mass is 10.1. The molecule has 2 N–H and O–H groups in total. The van der Waals surface area contributed by atoms with Gasteiger partial charge in [-0.25, -0.2) is 0 Å². The predicted molar refractivity (Wildman–Crippen MR) is 117 cm³/mol. The summed E-state index contributed by atoms with van der Waals surface area (Å²) in [6.45, 7) is 4.69. The number of benzene rings is 1. The van der Waals surface area contributed by atoms with Crippen LogP contribution in [0.4, 0.5) is 0 Å². The first-order valence-corrected chi connectivity index (χ1v) is 10.3. The molecule has 4 rings (SSSR count). The van der Waals surface area contributed by atoms with Crippen LogP contribution < -0.4 is 5.73 Å². The van der Waals surface area contributed by atoms with E-state index in [9.17, 15) is 4.79 Å². The Morgan fingerprint density at radius 3 is 2.62 bits per heavy atom. The van der Waals surface area contributed by atoms with Crippen LogP contribution >= 0.6 is 11.8 Å². The van der Waals surface area contributed by atoms with E-state index < -0.39 is 5.91 Å². The second kappa shape index (κ2) is 8.09. The minimum absolute atomic E-state index is 0.0153. The second-order valence-electron chi connectivity index (χ2n) is 7.11. The molecule has 1 amide bonds. The Morgan fingerprint density at radius 2 is 1.93 bits per heavy atom. The maximum atomic E-state index is 11.7. The Morgan fingerprint density at radius 1 is 1.14 bits per heavy atom. The first-order valence-electron chi connectivity index (χ1n) is 9.39. The van der Waals surface area contributed by atoms with E-state index in [-0.39, 0.29) is 5.37 Å². The van der Waals surface area contributed by atoms with Crippen molar-refractivity contribution in [1.82, 2.24) is 14.9 Å². The fraction of sp³-hybridized carbons (Fsp3) is 0.174. The molecule has 0 saturated heterocycles. The van der Waals surface area contributed by atoms with Crippen LogP contribution in [0.25, 0.3) is 11.3 Å². The minimum Gasteiger partial charge on any atom is -0.365 e. The first-order chi connectivity index (χ1) is 14.0. The third-order valence-electron chi connectivity index (χ3n) is 4.82. The van der Waals surface area contributed by atoms with Gasteiger partial charge in [-0.05, 0) is 42.7 Å². The number of hydrogen-bond donors (Lipinski definition) is 1. The van der Waals surface area contributed by atoms with E-state index in [4.69, 9.17) is 10.7 Å². The van der Waals surface area contributed by atoms with Crippen LogP contribution in [0, 0.1) is 13.8 Å². The van der Waals surface area contributed by atoms with Crippen molar-refractivity contribution in [3.05, 3.63) is 94.4 Å². The van der Waals surface area contributed by atoms with Gasteiger partial charge in [0.1, 0.15) is 5.37 Å². The smallest absolute Gasteiger partial charge is 0.256 e. The molecule has 2 aromatic heterocycles. The van der Waals surface area contributed by atoms with Crippen molar-refractivity contribution >= 4 is 17.7 Å². The van der Waals surface area contributed by atoms with Gasteiger partial charge in [-0.1, -0.05) is 48.2 Å². The van der Waals surface area contributed by atoms with Gasteiger partial charge < -0.3 is 10.6 Å². The summed E-state index contributed by atoms with van der Waals surface area (Å²) in [5.41, 5.74) is 11.9. The molecule has 0 fully saturated rings. The van der Waals surface area contributed by atoms with Gasteiger partial charge in [0.2, 0.25) is 0 Å². The predicted octanol–water partition coefficient (Wildman–Crippen LogP) is 4.33. The molecule has 0 bridgehead atoms. The van der Waals surface area contributed by atoms with Crippen LogP contribution in [-0.4, -0.2) is 20.8 Å². The third kappa shape index (κ3) is 4.17. The van der Waals surface area contributed by atoms with Crippen molar-refractivity contribution in [3.8, 4) is 11.3 Å². The Hall–Kier alpha value is -3.12. The summed E-state index contributed by atoms with van der Waals surface area (Å²) < 4.78 is 0. The lowest BCUT2D eigenvalue weighted by Gasteiger charge is -2.25. The molecule has 5 nitrogen and oxygen atoms in total. The quantitative estimate of drug-likeness (QED) is 0.687. The minimum atomic E-state index is -0.392. The maximum Gasteiger partial charge on any atom is 0.256 e. The molecule has 1 aromatic carbocycles. The highest BCUT2D eigenvalue weighted by atomic mass is 32.2. The number of carbonyl (C=O) groups is 1. The highest BCUT2D eigenvalue weighted by Gasteiger charge is 2.29. The molecule has 1 aliphatic rings. The number of pyridine rings is 2. The van der Waals surface area contributed by atoms with Gasteiger partial charge in [-0.2, -0.15) is 0 Å². The number of nitrogens with two attached hydrogens (primary N) is 1. The SMILES string of the molecule is Cc1cc(-c2ncc(CN3C=C(C(N)=O)SC3c3ccccc3)cc2C)ccn1. The van der Waals surface area contributed by atoms with Gasteiger partial charge in [0.15, 0.2) is 0 Å². The van der Waals surface area contributed by atoms with Crippen LogP contribution in [0.2, 0.25) is 0 Å². The molecular weight excluding hydrogens is 380 g/mol. The Kier molecular flexibility index (Phi) is 5.36. The molecule has 3 heterocycles. The van der Waals surface area contributed by atoms with Gasteiger partial charge in [0.25, 0.3) is 5.91 Å². The maximum absolute atomic E-state index is 11.7. The van der Waals surface area contributed by atoms with Gasteiger partial charge in [0.05, 0.1) is 10.6 Å². The summed E-state index contributed by atoms with van der Waals surface area (Å²) in [7, 11) is 0. The number of rotatable bonds is 5. The summed E-state index contributed by atoms with van der Waals surface area (Å²) in [6, 6.07) is 16.3. The fourth-order valence-corrected chi connectivity index (χ4v) is 4.61. The van der Waals surface area contributed by atoms with E-state index in [1.807, 2.05) is 55.8 Å². The zero-order valence-corrected chi connectivity index (χ0v) is 17.2. The zero-order chi connectivity index (χ0) is 20.4. The van der Waals surface area contributed by atoms with Crippen molar-refractivity contribution in [2.75, 3.05) is 0 Å². The molecule has 0 saturated carbocycles. The summed E-state index contributed by atoms with van der Waals surface area (Å²) in [4.78, 5) is 23.4.